The van der Waals surface area contributed by atoms with Crippen molar-refractivity contribution in [3.8, 4) is 11.5 Å². The maximum atomic E-state index is 13.4. The summed E-state index contributed by atoms with van der Waals surface area (Å²) in [6, 6.07) is 11.0. The standard InChI is InChI=1S/C27H38N2O4/c1-8-24(27(31)28-15-18(2)3)29(16-22-9-11-23(32-7)12-10-22)26(30)17-33-25-14-19(4)13-20(5)21(25)6/h9-14,18,24H,8,15-17H2,1-7H3,(H,28,31)/t24-/m0/s1. The number of benzene rings is 2. The summed E-state index contributed by atoms with van der Waals surface area (Å²) in [7, 11) is 1.61. The molecule has 1 N–H and O–H groups in total. The Bertz CT molecular complexity index is 938. The van der Waals surface area contributed by atoms with E-state index in [1.807, 2.05) is 71.9 Å². The van der Waals surface area contributed by atoms with Crippen molar-refractivity contribution >= 4 is 11.8 Å². The van der Waals surface area contributed by atoms with Crippen molar-refractivity contribution in [2.75, 3.05) is 20.3 Å². The van der Waals surface area contributed by atoms with Crippen LogP contribution in [0.25, 0.3) is 0 Å². The number of aryl methyl sites for hydroxylation is 2. The van der Waals surface area contributed by atoms with Crippen LogP contribution in [0.15, 0.2) is 36.4 Å². The molecule has 0 saturated carbocycles. The zero-order chi connectivity index (χ0) is 24.5. The first-order chi connectivity index (χ1) is 15.7. The summed E-state index contributed by atoms with van der Waals surface area (Å²) >= 11 is 0. The summed E-state index contributed by atoms with van der Waals surface area (Å²) in [5, 5.41) is 2.98. The molecular formula is C27H38N2O4. The van der Waals surface area contributed by atoms with Gasteiger partial charge in [-0.3, -0.25) is 9.59 Å². The summed E-state index contributed by atoms with van der Waals surface area (Å²) in [6.45, 7) is 12.8. The number of methoxy groups -OCH3 is 1. The van der Waals surface area contributed by atoms with Crippen molar-refractivity contribution in [3.05, 3.63) is 58.7 Å². The minimum atomic E-state index is -0.581. The van der Waals surface area contributed by atoms with Crippen LogP contribution in [0.2, 0.25) is 0 Å². The molecular weight excluding hydrogens is 416 g/mol. The summed E-state index contributed by atoms with van der Waals surface area (Å²) in [6.07, 6.45) is 0.508. The van der Waals surface area contributed by atoms with E-state index in [9.17, 15) is 9.59 Å². The Labute approximate surface area is 198 Å². The van der Waals surface area contributed by atoms with Gasteiger partial charge in [-0.2, -0.15) is 0 Å². The minimum absolute atomic E-state index is 0.131. The van der Waals surface area contributed by atoms with Crippen molar-refractivity contribution in [2.45, 2.75) is 60.5 Å². The van der Waals surface area contributed by atoms with Crippen molar-refractivity contribution in [3.63, 3.8) is 0 Å². The number of rotatable bonds is 11. The molecule has 33 heavy (non-hydrogen) atoms. The van der Waals surface area contributed by atoms with E-state index in [1.165, 1.54) is 0 Å². The van der Waals surface area contributed by atoms with E-state index in [4.69, 9.17) is 9.47 Å². The fraction of sp³-hybridized carbons (Fsp3) is 0.481. The smallest absolute Gasteiger partial charge is 0.261 e. The number of hydrogen-bond acceptors (Lipinski definition) is 4. The Kier molecular flexibility index (Phi) is 9.76. The second kappa shape index (κ2) is 12.3. The molecule has 6 heteroatoms. The van der Waals surface area contributed by atoms with Crippen molar-refractivity contribution in [1.82, 2.24) is 10.2 Å². The molecule has 180 valence electrons. The van der Waals surface area contributed by atoms with Gasteiger partial charge in [-0.15, -0.1) is 0 Å². The Hall–Kier alpha value is -3.02. The lowest BCUT2D eigenvalue weighted by Gasteiger charge is -2.31. The van der Waals surface area contributed by atoms with Crippen molar-refractivity contribution in [1.29, 1.82) is 0 Å². The van der Waals surface area contributed by atoms with Gasteiger partial charge in [0.25, 0.3) is 5.91 Å². The summed E-state index contributed by atoms with van der Waals surface area (Å²) < 4.78 is 11.2. The first-order valence-corrected chi connectivity index (χ1v) is 11.6. The largest absolute Gasteiger partial charge is 0.497 e. The maximum Gasteiger partial charge on any atom is 0.261 e. The van der Waals surface area contributed by atoms with Gasteiger partial charge in [0.15, 0.2) is 6.61 Å². The second-order valence-corrected chi connectivity index (χ2v) is 8.93. The average Bonchev–Trinajstić information content (AvgIpc) is 2.79. The van der Waals surface area contributed by atoms with Crippen LogP contribution in [0, 0.1) is 26.7 Å². The zero-order valence-electron chi connectivity index (χ0n) is 21.0. The molecule has 0 heterocycles. The average molecular weight is 455 g/mol. The molecule has 2 aromatic carbocycles. The van der Waals surface area contributed by atoms with Gasteiger partial charge >= 0.3 is 0 Å². The summed E-state index contributed by atoms with van der Waals surface area (Å²) in [5.74, 6) is 1.40. The fourth-order valence-electron chi connectivity index (χ4n) is 3.64. The molecule has 0 spiro atoms. The Morgan fingerprint density at radius 2 is 1.73 bits per heavy atom. The van der Waals surface area contributed by atoms with Gasteiger partial charge in [-0.1, -0.05) is 39.0 Å². The molecule has 0 saturated heterocycles. The monoisotopic (exact) mass is 454 g/mol. The molecule has 2 aromatic rings. The number of nitrogens with zero attached hydrogens (tertiary/aromatic N) is 1. The van der Waals surface area contributed by atoms with Gasteiger partial charge in [0.05, 0.1) is 7.11 Å². The maximum absolute atomic E-state index is 13.4. The number of hydrogen-bond donors (Lipinski definition) is 1. The predicted molar refractivity (Wildman–Crippen MR) is 132 cm³/mol. The van der Waals surface area contributed by atoms with Crippen LogP contribution in [0.4, 0.5) is 0 Å². The third kappa shape index (κ3) is 7.52. The van der Waals surface area contributed by atoms with Crippen LogP contribution in [0.3, 0.4) is 0 Å². The Morgan fingerprint density at radius 3 is 2.30 bits per heavy atom. The highest BCUT2D eigenvalue weighted by atomic mass is 16.5. The van der Waals surface area contributed by atoms with Gasteiger partial charge in [-0.05, 0) is 73.6 Å². The molecule has 0 fully saturated rings. The molecule has 2 amide bonds. The van der Waals surface area contributed by atoms with Gasteiger partial charge in [-0.25, -0.2) is 0 Å². The summed E-state index contributed by atoms with van der Waals surface area (Å²) in [5.41, 5.74) is 4.13. The molecule has 0 radical (unpaired) electrons. The number of carbonyl (C=O) groups excluding carboxylic acids is 2. The lowest BCUT2D eigenvalue weighted by Crippen LogP contribution is -2.50. The molecule has 0 aliphatic rings. The Balaban J connectivity index is 2.25. The highest BCUT2D eigenvalue weighted by Crippen LogP contribution is 2.24. The normalized spacial score (nSPS) is 11.8. The van der Waals surface area contributed by atoms with E-state index >= 15 is 0 Å². The van der Waals surface area contributed by atoms with Crippen molar-refractivity contribution < 1.29 is 19.1 Å². The lowest BCUT2D eigenvalue weighted by molar-refractivity contribution is -0.143. The first-order valence-electron chi connectivity index (χ1n) is 11.6. The zero-order valence-corrected chi connectivity index (χ0v) is 21.0. The number of ether oxygens (including phenoxy) is 2. The fourth-order valence-corrected chi connectivity index (χ4v) is 3.64. The van der Waals surface area contributed by atoms with Crippen LogP contribution >= 0.6 is 0 Å². The Morgan fingerprint density at radius 1 is 1.06 bits per heavy atom. The predicted octanol–water partition coefficient (Wildman–Crippen LogP) is 4.58. The quantitative estimate of drug-likeness (QED) is 0.540. The minimum Gasteiger partial charge on any atom is -0.497 e. The highest BCUT2D eigenvalue weighted by molar-refractivity contribution is 5.88. The van der Waals surface area contributed by atoms with Crippen LogP contribution in [-0.2, 0) is 16.1 Å². The van der Waals surface area contributed by atoms with Crippen molar-refractivity contribution in [2.24, 2.45) is 5.92 Å². The van der Waals surface area contributed by atoms with E-state index in [1.54, 1.807) is 12.0 Å². The lowest BCUT2D eigenvalue weighted by atomic mass is 10.1. The molecule has 0 unspecified atom stereocenters. The third-order valence-electron chi connectivity index (χ3n) is 5.70. The second-order valence-electron chi connectivity index (χ2n) is 8.93. The number of amides is 2. The first kappa shape index (κ1) is 26.2. The molecule has 0 aliphatic heterocycles. The van der Waals surface area contributed by atoms with Crippen LogP contribution in [-0.4, -0.2) is 43.0 Å². The van der Waals surface area contributed by atoms with E-state index < -0.39 is 6.04 Å². The highest BCUT2D eigenvalue weighted by Gasteiger charge is 2.29. The number of nitrogens with one attached hydrogen (secondary N) is 1. The van der Waals surface area contributed by atoms with Gasteiger partial charge in [0.2, 0.25) is 5.91 Å². The van der Waals surface area contributed by atoms with E-state index in [2.05, 4.69) is 11.4 Å². The van der Waals surface area contributed by atoms with Gasteiger partial charge < -0.3 is 19.7 Å². The molecule has 0 bridgehead atoms. The third-order valence-corrected chi connectivity index (χ3v) is 5.70. The molecule has 6 nitrogen and oxygen atoms in total. The topological polar surface area (TPSA) is 67.9 Å². The molecule has 0 aliphatic carbocycles. The molecule has 0 aromatic heterocycles. The van der Waals surface area contributed by atoms with E-state index in [0.29, 0.717) is 31.2 Å². The van der Waals surface area contributed by atoms with Crippen LogP contribution < -0.4 is 14.8 Å². The van der Waals surface area contributed by atoms with E-state index in [0.717, 1.165) is 28.0 Å². The van der Waals surface area contributed by atoms with E-state index in [-0.39, 0.29) is 18.4 Å². The van der Waals surface area contributed by atoms with Crippen LogP contribution in [0.5, 0.6) is 11.5 Å². The van der Waals surface area contributed by atoms with Gasteiger partial charge in [0, 0.05) is 13.1 Å². The number of carbonyl (C=O) groups is 2. The van der Waals surface area contributed by atoms with Gasteiger partial charge in [0.1, 0.15) is 17.5 Å². The molecule has 2 rings (SSSR count). The molecule has 1 atom stereocenters. The van der Waals surface area contributed by atoms with Crippen LogP contribution in [0.1, 0.15) is 49.4 Å². The summed E-state index contributed by atoms with van der Waals surface area (Å²) in [4.78, 5) is 28.0. The SMILES string of the molecule is CC[C@@H](C(=O)NCC(C)C)N(Cc1ccc(OC)cc1)C(=O)COc1cc(C)cc(C)c1C.